The zero-order valence-electron chi connectivity index (χ0n) is 25.6. The molecule has 2 amide bonds. The lowest BCUT2D eigenvalue weighted by Gasteiger charge is -2.68. The summed E-state index contributed by atoms with van der Waals surface area (Å²) >= 11 is 0. The van der Waals surface area contributed by atoms with E-state index in [2.05, 4.69) is 60.7 Å². The first-order valence-electron chi connectivity index (χ1n) is 15.3. The predicted octanol–water partition coefficient (Wildman–Crippen LogP) is 1.69. The summed E-state index contributed by atoms with van der Waals surface area (Å²) in [6.45, 7) is 13.3. The maximum Gasteiger partial charge on any atom is 0.313 e. The molecule has 8 atom stereocenters. The molecule has 0 aromatic heterocycles. The maximum absolute atomic E-state index is 14.3. The SMILES string of the molecule is C#CCOC(=O)[C@]1(C)CCC[C@@]2(C)[C@H]1CCC13C=C(C(C)C)C(C[C@@H]12)C1C(=O)N(CC[N+](C)(C)CC)C(=O)C13.[Br-]. The van der Waals surface area contributed by atoms with Crippen LogP contribution < -0.4 is 17.0 Å². The molecule has 6 aliphatic rings. The Morgan fingerprint density at radius 2 is 1.88 bits per heavy atom. The van der Waals surface area contributed by atoms with Gasteiger partial charge in [0.2, 0.25) is 11.8 Å². The third-order valence-electron chi connectivity index (χ3n) is 12.3. The van der Waals surface area contributed by atoms with E-state index in [4.69, 9.17) is 11.2 Å². The lowest BCUT2D eigenvalue weighted by molar-refractivity contribution is -0.887. The van der Waals surface area contributed by atoms with E-state index in [1.54, 1.807) is 4.90 Å². The van der Waals surface area contributed by atoms with Crippen LogP contribution in [0.25, 0.3) is 0 Å². The van der Waals surface area contributed by atoms with Gasteiger partial charge in [0.05, 0.1) is 51.0 Å². The van der Waals surface area contributed by atoms with Crippen molar-refractivity contribution in [2.45, 2.75) is 73.1 Å². The normalized spacial score (nSPS) is 40.0. The highest BCUT2D eigenvalue weighted by atomic mass is 79.9. The molecule has 0 aromatic rings. The molecule has 1 heterocycles. The molecule has 222 valence electrons. The number of carbonyl (C=O) groups is 3. The topological polar surface area (TPSA) is 63.7 Å². The van der Waals surface area contributed by atoms with Gasteiger partial charge in [-0.15, -0.1) is 6.42 Å². The van der Waals surface area contributed by atoms with E-state index in [1.807, 2.05) is 0 Å². The van der Waals surface area contributed by atoms with E-state index in [0.717, 1.165) is 56.1 Å². The van der Waals surface area contributed by atoms with Gasteiger partial charge >= 0.3 is 5.97 Å². The zero-order chi connectivity index (χ0) is 28.5. The molecule has 1 saturated heterocycles. The quantitative estimate of drug-likeness (QED) is 0.144. The second-order valence-electron chi connectivity index (χ2n) is 14.8. The first-order chi connectivity index (χ1) is 18.3. The second-order valence-corrected chi connectivity index (χ2v) is 14.8. The van der Waals surface area contributed by atoms with Gasteiger partial charge in [-0.25, -0.2) is 0 Å². The molecule has 3 saturated carbocycles. The summed E-state index contributed by atoms with van der Waals surface area (Å²) in [7, 11) is 4.32. The van der Waals surface area contributed by atoms with Crippen LogP contribution in [-0.2, 0) is 19.1 Å². The number of esters is 1. The van der Waals surface area contributed by atoms with Crippen LogP contribution in [0.4, 0.5) is 0 Å². The molecule has 2 bridgehead atoms. The number of likely N-dealkylation sites (N-methyl/N-ethyl adjacent to an activating group) is 1. The molecule has 0 radical (unpaired) electrons. The van der Waals surface area contributed by atoms with Gasteiger partial charge in [-0.3, -0.25) is 19.3 Å². The Balaban J connectivity index is 0.00000370. The molecular formula is C33H49BrN2O4. The van der Waals surface area contributed by atoms with E-state index >= 15 is 0 Å². The number of ether oxygens (including phenoxy) is 1. The number of fused-ring (bicyclic) bond motifs is 1. The number of amides is 2. The summed E-state index contributed by atoms with van der Waals surface area (Å²) in [4.78, 5) is 43.3. The van der Waals surface area contributed by atoms with Gasteiger partial charge in [-0.2, -0.15) is 0 Å². The number of quaternary nitrogens is 1. The van der Waals surface area contributed by atoms with E-state index in [1.165, 1.54) is 5.57 Å². The number of hydrogen-bond acceptors (Lipinski definition) is 4. The standard InChI is InChI=1S/C33H49N2O4.BrH/c1-9-18-39-30(38)32(6)14-11-13-31(5)24(32)12-15-33-20-23(21(3)4)22(19-25(31)33)26-27(33)29(37)34(28(26)36)16-17-35(7,8)10-2;/h1,20-22,24-27H,10-19H2,2-8H3;1H/q+1;/p-1/t22?,24-,25-,26?,27?,31+,32-,33?;/m1./s1. The Bertz CT molecular complexity index is 1140. The number of imide groups is 1. The molecular weight excluding hydrogens is 568 g/mol. The van der Waals surface area contributed by atoms with Gasteiger partial charge in [0.25, 0.3) is 0 Å². The molecule has 0 aromatic carbocycles. The van der Waals surface area contributed by atoms with E-state index in [0.29, 0.717) is 12.5 Å². The molecule has 4 fully saturated rings. The Kier molecular flexibility index (Phi) is 8.26. The van der Waals surface area contributed by atoms with Crippen LogP contribution in [0.3, 0.4) is 0 Å². The van der Waals surface area contributed by atoms with Crippen LogP contribution in [0.1, 0.15) is 73.1 Å². The lowest BCUT2D eigenvalue weighted by atomic mass is 9.34. The first-order valence-corrected chi connectivity index (χ1v) is 15.3. The summed E-state index contributed by atoms with van der Waals surface area (Å²) in [6.07, 6.45) is 13.4. The monoisotopic (exact) mass is 616 g/mol. The number of hydrogen-bond donors (Lipinski definition) is 0. The number of allylic oxidation sites excluding steroid dienone is 2. The summed E-state index contributed by atoms with van der Waals surface area (Å²) < 4.78 is 6.34. The highest BCUT2D eigenvalue weighted by molar-refractivity contribution is 6.06. The van der Waals surface area contributed by atoms with Crippen molar-refractivity contribution in [3.05, 3.63) is 11.6 Å². The van der Waals surface area contributed by atoms with Crippen molar-refractivity contribution in [2.75, 3.05) is 40.3 Å². The molecule has 1 aliphatic heterocycles. The minimum atomic E-state index is -0.572. The fourth-order valence-electron chi connectivity index (χ4n) is 10.0. The molecule has 4 unspecified atom stereocenters. The summed E-state index contributed by atoms with van der Waals surface area (Å²) in [5.41, 5.74) is 0.397. The highest BCUT2D eigenvalue weighted by Crippen LogP contribution is 2.74. The minimum Gasteiger partial charge on any atom is -1.00 e. The van der Waals surface area contributed by atoms with Gasteiger partial charge in [0.1, 0.15) is 0 Å². The average Bonchev–Trinajstić information content (AvgIpc) is 3.16. The number of terminal acetylenes is 1. The van der Waals surface area contributed by atoms with Crippen LogP contribution in [0.15, 0.2) is 11.6 Å². The van der Waals surface area contributed by atoms with Crippen molar-refractivity contribution in [1.82, 2.24) is 4.90 Å². The van der Waals surface area contributed by atoms with Crippen molar-refractivity contribution >= 4 is 17.8 Å². The number of likely N-dealkylation sites (tertiary alicyclic amines) is 1. The number of halogens is 1. The third kappa shape index (κ3) is 4.34. The largest absolute Gasteiger partial charge is 1.00 e. The molecule has 6 rings (SSSR count). The number of nitrogens with zero attached hydrogens (tertiary/aromatic N) is 2. The van der Waals surface area contributed by atoms with Gasteiger partial charge in [0, 0.05) is 5.41 Å². The third-order valence-corrected chi connectivity index (χ3v) is 12.3. The highest BCUT2D eigenvalue weighted by Gasteiger charge is 2.73. The molecule has 7 heteroatoms. The Hall–Kier alpha value is -1.65. The molecule has 0 N–H and O–H groups in total. The van der Waals surface area contributed by atoms with Crippen molar-refractivity contribution < 1.29 is 40.6 Å². The van der Waals surface area contributed by atoms with Crippen LogP contribution >= 0.6 is 0 Å². The number of carbonyl (C=O) groups excluding carboxylic acids is 3. The maximum atomic E-state index is 14.3. The van der Waals surface area contributed by atoms with Crippen molar-refractivity contribution in [3.63, 3.8) is 0 Å². The summed E-state index contributed by atoms with van der Waals surface area (Å²) in [6, 6.07) is 0. The van der Waals surface area contributed by atoms with Gasteiger partial charge in [-0.1, -0.05) is 44.8 Å². The van der Waals surface area contributed by atoms with Crippen LogP contribution in [0, 0.1) is 64.1 Å². The van der Waals surface area contributed by atoms with E-state index in [9.17, 15) is 14.4 Å². The fraction of sp³-hybridized carbons (Fsp3) is 0.788. The first kappa shape index (κ1) is 31.3. The van der Waals surface area contributed by atoms with Crippen molar-refractivity contribution in [2.24, 2.45) is 51.8 Å². The predicted molar refractivity (Wildman–Crippen MR) is 151 cm³/mol. The van der Waals surface area contributed by atoms with Gasteiger partial charge in [0.15, 0.2) is 6.61 Å². The molecule has 6 nitrogen and oxygen atoms in total. The molecule has 5 aliphatic carbocycles. The minimum absolute atomic E-state index is 0. The van der Waals surface area contributed by atoms with Crippen molar-refractivity contribution in [3.8, 4) is 12.3 Å². The van der Waals surface area contributed by atoms with Crippen molar-refractivity contribution in [1.29, 1.82) is 0 Å². The van der Waals surface area contributed by atoms with Crippen LogP contribution in [-0.4, -0.2) is 67.5 Å². The zero-order valence-corrected chi connectivity index (χ0v) is 27.2. The second kappa shape index (κ2) is 10.6. The molecule has 1 spiro atoms. The number of rotatable bonds is 7. The van der Waals surface area contributed by atoms with Crippen LogP contribution in [0.5, 0.6) is 0 Å². The molecule has 40 heavy (non-hydrogen) atoms. The Morgan fingerprint density at radius 3 is 2.50 bits per heavy atom. The lowest BCUT2D eigenvalue weighted by Crippen LogP contribution is -3.00. The Morgan fingerprint density at radius 1 is 1.18 bits per heavy atom. The van der Waals surface area contributed by atoms with Crippen LogP contribution in [0.2, 0.25) is 0 Å². The summed E-state index contributed by atoms with van der Waals surface area (Å²) in [5, 5.41) is 0. The van der Waals surface area contributed by atoms with Gasteiger partial charge in [-0.05, 0) is 75.0 Å². The van der Waals surface area contributed by atoms with E-state index < -0.39 is 5.41 Å². The fourth-order valence-corrected chi connectivity index (χ4v) is 10.0. The summed E-state index contributed by atoms with van der Waals surface area (Å²) in [5.74, 6) is 2.82. The van der Waals surface area contributed by atoms with Gasteiger partial charge < -0.3 is 26.2 Å². The smallest absolute Gasteiger partial charge is 0.313 e. The van der Waals surface area contributed by atoms with E-state index in [-0.39, 0.29) is 81.8 Å². The average molecular weight is 618 g/mol. The Labute approximate surface area is 252 Å².